The quantitative estimate of drug-likeness (QED) is 0.137. The van der Waals surface area contributed by atoms with Crippen LogP contribution in [0.5, 0.6) is 0 Å². The Morgan fingerprint density at radius 3 is 2.27 bits per heavy atom. The van der Waals surface area contributed by atoms with Gasteiger partial charge < -0.3 is 58.5 Å². The van der Waals surface area contributed by atoms with E-state index in [0.717, 1.165) is 0 Å². The lowest BCUT2D eigenvalue weighted by atomic mass is 9.80. The van der Waals surface area contributed by atoms with Gasteiger partial charge in [0.2, 0.25) is 5.79 Å². The second-order valence-corrected chi connectivity index (χ2v) is 18.9. The number of esters is 2. The Morgan fingerprint density at radius 2 is 1.70 bits per heavy atom. The van der Waals surface area contributed by atoms with Crippen LogP contribution in [0, 0.1) is 17.8 Å². The van der Waals surface area contributed by atoms with Gasteiger partial charge in [-0.1, -0.05) is 32.0 Å². The highest BCUT2D eigenvalue weighted by Gasteiger charge is 2.50. The number of aliphatic hydroxyl groups is 2. The highest BCUT2D eigenvalue weighted by Crippen LogP contribution is 2.41. The van der Waals surface area contributed by atoms with Gasteiger partial charge in [0, 0.05) is 40.0 Å². The molecule has 0 aromatic heterocycles. The van der Waals surface area contributed by atoms with Gasteiger partial charge in [0.25, 0.3) is 0 Å². The van der Waals surface area contributed by atoms with Crippen LogP contribution in [0.1, 0.15) is 105 Å². The maximum atomic E-state index is 13.6. The third kappa shape index (κ3) is 12.9. The van der Waals surface area contributed by atoms with Crippen LogP contribution in [-0.2, 0) is 38.0 Å². The molecule has 15 nitrogen and oxygen atoms in total. The first-order valence-corrected chi connectivity index (χ1v) is 21.4. The van der Waals surface area contributed by atoms with E-state index in [9.17, 15) is 24.6 Å². The summed E-state index contributed by atoms with van der Waals surface area (Å²) >= 11 is 0. The topological polar surface area (TPSA) is 175 Å². The van der Waals surface area contributed by atoms with E-state index in [1.54, 1.807) is 57.0 Å². The molecule has 3 aliphatic rings. The van der Waals surface area contributed by atoms with E-state index in [4.69, 9.17) is 33.2 Å². The molecule has 0 bridgehead atoms. The molecule has 0 spiro atoms. The smallest absolute Gasteiger partial charge is 0.410 e. The summed E-state index contributed by atoms with van der Waals surface area (Å²) in [6, 6.07) is 7.91. The zero-order valence-electron chi connectivity index (χ0n) is 38.2. The largest absolute Gasteiger partial charge is 0.456 e. The molecule has 1 aromatic carbocycles. The van der Waals surface area contributed by atoms with Gasteiger partial charge in [-0.2, -0.15) is 0 Å². The van der Waals surface area contributed by atoms with Crippen molar-refractivity contribution >= 4 is 18.0 Å². The maximum absolute atomic E-state index is 13.6. The number of aliphatic hydroxyl groups excluding tert-OH is 2. The minimum absolute atomic E-state index is 0.0975. The number of carbonyl (C=O) groups is 3. The highest BCUT2D eigenvalue weighted by molar-refractivity contribution is 5.90. The summed E-state index contributed by atoms with van der Waals surface area (Å²) in [5, 5.41) is 25.3. The molecule has 4 rings (SSSR count). The summed E-state index contributed by atoms with van der Waals surface area (Å²) in [5.74, 6) is -2.67. The summed E-state index contributed by atoms with van der Waals surface area (Å²) in [5.41, 5.74) is -0.955. The monoisotopic (exact) mass is 848 g/mol. The van der Waals surface area contributed by atoms with Crippen LogP contribution in [-0.4, -0.2) is 145 Å². The van der Waals surface area contributed by atoms with Crippen LogP contribution in [0.25, 0.3) is 0 Å². The number of cyclic esters (lactones) is 1. The molecule has 2 saturated heterocycles. The Balaban J connectivity index is 1.58. The number of hydrogen-bond acceptors (Lipinski definition) is 14. The van der Waals surface area contributed by atoms with E-state index in [1.165, 1.54) is 0 Å². The fourth-order valence-corrected chi connectivity index (χ4v) is 8.61. The predicted octanol–water partition coefficient (Wildman–Crippen LogP) is 5.27. The lowest BCUT2D eigenvalue weighted by Gasteiger charge is -2.48. The van der Waals surface area contributed by atoms with Gasteiger partial charge in [-0.05, 0) is 112 Å². The van der Waals surface area contributed by atoms with Crippen molar-refractivity contribution in [3.05, 3.63) is 47.2 Å². The second kappa shape index (κ2) is 20.7. The minimum Gasteiger partial charge on any atom is -0.456 e. The Kier molecular flexibility index (Phi) is 17.0. The van der Waals surface area contributed by atoms with E-state index < -0.39 is 65.5 Å². The average molecular weight is 848 g/mol. The molecular weight excluding hydrogens is 775 g/mol. The van der Waals surface area contributed by atoms with E-state index in [1.807, 2.05) is 73.5 Å². The number of amides is 1. The lowest BCUT2D eigenvalue weighted by molar-refractivity contribution is -0.298. The number of methoxy groups -OCH3 is 1. The minimum atomic E-state index is -1.24. The number of likely N-dealkylation sites (N-methyl/N-ethyl adjacent to an activating group) is 1. The van der Waals surface area contributed by atoms with Crippen molar-refractivity contribution in [3.8, 4) is 0 Å². The average Bonchev–Trinajstić information content (AvgIpc) is 3.18. The Hall–Kier alpha value is -3.31. The maximum Gasteiger partial charge on any atom is 0.410 e. The number of rotatable bonds is 17. The normalized spacial score (nSPS) is 26.3. The molecule has 0 saturated carbocycles. The molecule has 340 valence electrons. The van der Waals surface area contributed by atoms with Crippen LogP contribution < -0.4 is 5.32 Å². The third-order valence-corrected chi connectivity index (χ3v) is 11.9. The molecule has 3 aliphatic heterocycles. The molecule has 10 atom stereocenters. The first kappa shape index (κ1) is 49.3. The Morgan fingerprint density at radius 1 is 1.07 bits per heavy atom. The summed E-state index contributed by atoms with van der Waals surface area (Å²) in [6.45, 7) is 19.4. The number of likely N-dealkylation sites (tertiary alicyclic amines) is 1. The molecule has 60 heavy (non-hydrogen) atoms. The molecule has 15 heteroatoms. The van der Waals surface area contributed by atoms with E-state index in [0.29, 0.717) is 62.2 Å². The molecule has 0 unspecified atom stereocenters. The number of piperidine rings is 1. The van der Waals surface area contributed by atoms with Crippen molar-refractivity contribution in [2.24, 2.45) is 17.8 Å². The van der Waals surface area contributed by atoms with Crippen molar-refractivity contribution in [2.75, 3.05) is 47.4 Å². The van der Waals surface area contributed by atoms with Gasteiger partial charge in [0.15, 0.2) is 12.4 Å². The zero-order chi connectivity index (χ0) is 44.7. The van der Waals surface area contributed by atoms with Crippen LogP contribution >= 0.6 is 0 Å². The van der Waals surface area contributed by atoms with Crippen LogP contribution in [0.15, 0.2) is 41.7 Å². The highest BCUT2D eigenvalue weighted by atomic mass is 16.7. The van der Waals surface area contributed by atoms with Gasteiger partial charge >= 0.3 is 18.0 Å². The SMILES string of the molecule is CO[C@](C)(C[C@@H](C)CN[C@H](CO)[C@H](O)C1CCN(C(=O)OC(C)(C)C)CC1)[C@H](O[C@@H]1O[C@H](C)C[C@H](N(C)C)[C@H]1OC(=O)c1ccccc1)[C@@H](C)C1=C(C)C(=O)OC(C)(C)O1. The first-order chi connectivity index (χ1) is 28.0. The van der Waals surface area contributed by atoms with E-state index in [-0.39, 0.29) is 36.7 Å². The van der Waals surface area contributed by atoms with Crippen molar-refractivity contribution in [2.45, 2.75) is 155 Å². The standard InChI is InChI=1S/C45H73N3O12/c1-27(25-46-33(26-49)35(50)31-19-21-48(22-20-31)42(53)60-43(5,6)7)24-45(10,54-13)38(29(3)36-30(4)39(51)59-44(8,9)58-36)57-41-37(34(47(11)12)23-28(2)55-41)56-40(52)32-17-15-14-16-18-32/h14-18,27-29,31,33-35,37-38,41,46,49-50H,19-26H2,1-13H3/t27-,28-,29+,33-,34+,35-,37-,38-,41+,45-/m1/s1. The van der Waals surface area contributed by atoms with E-state index >= 15 is 0 Å². The van der Waals surface area contributed by atoms with Gasteiger partial charge in [-0.3, -0.25) is 0 Å². The van der Waals surface area contributed by atoms with Crippen LogP contribution in [0.3, 0.4) is 0 Å². The summed E-state index contributed by atoms with van der Waals surface area (Å²) in [4.78, 5) is 43.0. The number of hydrogen-bond donors (Lipinski definition) is 3. The molecule has 1 amide bonds. The Bertz CT molecular complexity index is 1610. The van der Waals surface area contributed by atoms with Crippen molar-refractivity contribution in [1.29, 1.82) is 0 Å². The molecule has 2 fully saturated rings. The predicted molar refractivity (Wildman–Crippen MR) is 225 cm³/mol. The van der Waals surface area contributed by atoms with Gasteiger partial charge in [0.1, 0.15) is 11.4 Å². The molecule has 3 N–H and O–H groups in total. The lowest BCUT2D eigenvalue weighted by Crippen LogP contribution is -2.60. The number of nitrogens with one attached hydrogen (secondary N) is 1. The zero-order valence-corrected chi connectivity index (χ0v) is 38.2. The van der Waals surface area contributed by atoms with Crippen LogP contribution in [0.2, 0.25) is 0 Å². The number of nitrogens with zero attached hydrogens (tertiary/aromatic N) is 2. The fourth-order valence-electron chi connectivity index (χ4n) is 8.61. The number of benzene rings is 1. The second-order valence-electron chi connectivity index (χ2n) is 18.9. The van der Waals surface area contributed by atoms with Gasteiger partial charge in [-0.15, -0.1) is 0 Å². The summed E-state index contributed by atoms with van der Waals surface area (Å²) in [6.07, 6.45) is -2.03. The first-order valence-electron chi connectivity index (χ1n) is 21.4. The molecular formula is C45H73N3O12. The van der Waals surface area contributed by atoms with Crippen molar-refractivity contribution < 1.29 is 57.8 Å². The summed E-state index contributed by atoms with van der Waals surface area (Å²) in [7, 11) is 5.46. The fraction of sp³-hybridized carbons (Fsp3) is 0.756. The third-order valence-electron chi connectivity index (χ3n) is 11.9. The van der Waals surface area contributed by atoms with E-state index in [2.05, 4.69) is 5.32 Å². The molecule has 0 aliphatic carbocycles. The number of carbonyl (C=O) groups excluding carboxylic acids is 3. The summed E-state index contributed by atoms with van der Waals surface area (Å²) < 4.78 is 43.7. The van der Waals surface area contributed by atoms with Gasteiger partial charge in [-0.25, -0.2) is 14.4 Å². The van der Waals surface area contributed by atoms with Gasteiger partial charge in [0.05, 0.1) is 53.7 Å². The van der Waals surface area contributed by atoms with Crippen molar-refractivity contribution in [3.63, 3.8) is 0 Å². The van der Waals surface area contributed by atoms with Crippen LogP contribution in [0.4, 0.5) is 4.79 Å². The Labute approximate surface area is 357 Å². The van der Waals surface area contributed by atoms with Crippen molar-refractivity contribution in [1.82, 2.24) is 15.1 Å². The number of ether oxygens (including phenoxy) is 7. The molecule has 1 aromatic rings. The molecule has 0 radical (unpaired) electrons. The molecule has 3 heterocycles.